The molecule has 6 nitrogen and oxygen atoms in total. The lowest BCUT2D eigenvalue weighted by molar-refractivity contribution is 0.0698. The molecule has 0 aliphatic carbocycles. The Kier molecular flexibility index (Phi) is 5.45. The molecule has 1 amide bonds. The Balaban J connectivity index is 1.84. The van der Waals surface area contributed by atoms with Gasteiger partial charge in [-0.3, -0.25) is 9.78 Å². The Hall–Kier alpha value is -4.42. The average Bonchev–Trinajstić information content (AvgIpc) is 2.73. The highest BCUT2D eigenvalue weighted by Crippen LogP contribution is 2.18. The van der Waals surface area contributed by atoms with E-state index in [2.05, 4.69) is 22.1 Å². The minimum Gasteiger partial charge on any atom is -0.478 e. The van der Waals surface area contributed by atoms with Crippen molar-refractivity contribution >= 4 is 17.6 Å². The van der Waals surface area contributed by atoms with E-state index in [1.807, 2.05) is 36.4 Å². The molecule has 28 heavy (non-hydrogen) atoms. The van der Waals surface area contributed by atoms with Gasteiger partial charge in [-0.2, -0.15) is 5.26 Å². The summed E-state index contributed by atoms with van der Waals surface area (Å²) < 4.78 is 0. The summed E-state index contributed by atoms with van der Waals surface area (Å²) in [7, 11) is 0. The van der Waals surface area contributed by atoms with Gasteiger partial charge in [0.25, 0.3) is 5.91 Å². The van der Waals surface area contributed by atoms with Crippen LogP contribution in [0, 0.1) is 23.2 Å². The van der Waals surface area contributed by atoms with Gasteiger partial charge in [0.05, 0.1) is 28.4 Å². The molecule has 134 valence electrons. The van der Waals surface area contributed by atoms with Crippen LogP contribution in [0.25, 0.3) is 0 Å². The molecule has 2 aromatic carbocycles. The molecule has 6 heteroatoms. The van der Waals surface area contributed by atoms with Gasteiger partial charge in [0, 0.05) is 23.5 Å². The number of anilines is 1. The van der Waals surface area contributed by atoms with E-state index in [4.69, 9.17) is 5.26 Å². The van der Waals surface area contributed by atoms with Crippen LogP contribution in [0.2, 0.25) is 0 Å². The normalized spacial score (nSPS) is 9.54. The van der Waals surface area contributed by atoms with Crippen LogP contribution >= 0.6 is 0 Å². The minimum absolute atomic E-state index is 0.0947. The second-order valence-corrected chi connectivity index (χ2v) is 5.71. The summed E-state index contributed by atoms with van der Waals surface area (Å²) in [5.41, 5.74) is 1.74. The quantitative estimate of drug-likeness (QED) is 0.692. The van der Waals surface area contributed by atoms with Crippen molar-refractivity contribution < 1.29 is 14.7 Å². The van der Waals surface area contributed by atoms with E-state index in [9.17, 15) is 14.7 Å². The molecule has 0 fully saturated rings. The molecule has 2 N–H and O–H groups in total. The Labute approximate surface area is 161 Å². The molecule has 0 spiro atoms. The van der Waals surface area contributed by atoms with Gasteiger partial charge >= 0.3 is 5.97 Å². The van der Waals surface area contributed by atoms with Crippen molar-refractivity contribution in [3.63, 3.8) is 0 Å². The highest BCUT2D eigenvalue weighted by Gasteiger charge is 2.15. The van der Waals surface area contributed by atoms with Crippen molar-refractivity contribution in [1.29, 1.82) is 5.26 Å². The first-order valence-electron chi connectivity index (χ1n) is 8.18. The molecule has 0 saturated carbocycles. The summed E-state index contributed by atoms with van der Waals surface area (Å²) in [5, 5.41) is 20.7. The van der Waals surface area contributed by atoms with Gasteiger partial charge in [0.1, 0.15) is 0 Å². The summed E-state index contributed by atoms with van der Waals surface area (Å²) in [6.45, 7) is 0. The standard InChI is InChI=1S/C22H13N3O3/c23-12-16-8-9-20(19(11-16)22(27)28)25-21(26)18-10-17(13-24-14-18)7-6-15-4-2-1-3-5-15/h1-5,8-11,13-14H,(H,25,26)(H,27,28). The van der Waals surface area contributed by atoms with Crippen molar-refractivity contribution in [1.82, 2.24) is 4.98 Å². The number of aromatic nitrogens is 1. The third kappa shape index (κ3) is 4.40. The Morgan fingerprint density at radius 2 is 1.68 bits per heavy atom. The van der Waals surface area contributed by atoms with Gasteiger partial charge in [0.2, 0.25) is 0 Å². The molecule has 0 bridgehead atoms. The predicted molar refractivity (Wildman–Crippen MR) is 103 cm³/mol. The molecular formula is C22H13N3O3. The third-order valence-electron chi connectivity index (χ3n) is 3.75. The number of hydrogen-bond acceptors (Lipinski definition) is 4. The highest BCUT2D eigenvalue weighted by atomic mass is 16.4. The van der Waals surface area contributed by atoms with Crippen LogP contribution in [0.5, 0.6) is 0 Å². The number of amides is 1. The number of nitriles is 1. The summed E-state index contributed by atoms with van der Waals surface area (Å²) in [6, 6.07) is 16.9. The van der Waals surface area contributed by atoms with E-state index in [-0.39, 0.29) is 22.4 Å². The van der Waals surface area contributed by atoms with E-state index in [0.29, 0.717) is 5.56 Å². The van der Waals surface area contributed by atoms with E-state index in [0.717, 1.165) is 5.56 Å². The Morgan fingerprint density at radius 3 is 2.39 bits per heavy atom. The topological polar surface area (TPSA) is 103 Å². The number of carboxylic acids is 1. The smallest absolute Gasteiger partial charge is 0.337 e. The van der Waals surface area contributed by atoms with E-state index < -0.39 is 11.9 Å². The fourth-order valence-electron chi connectivity index (χ4n) is 2.39. The summed E-state index contributed by atoms with van der Waals surface area (Å²) in [4.78, 5) is 27.9. The summed E-state index contributed by atoms with van der Waals surface area (Å²) in [5.74, 6) is 4.16. The van der Waals surface area contributed by atoms with Crippen LogP contribution in [-0.4, -0.2) is 22.0 Å². The van der Waals surface area contributed by atoms with Gasteiger partial charge in [-0.1, -0.05) is 30.0 Å². The van der Waals surface area contributed by atoms with Gasteiger partial charge in [-0.25, -0.2) is 4.79 Å². The molecule has 0 aliphatic heterocycles. The number of rotatable bonds is 3. The number of aromatic carboxylic acids is 1. The van der Waals surface area contributed by atoms with Crippen molar-refractivity contribution in [2.24, 2.45) is 0 Å². The van der Waals surface area contributed by atoms with Crippen molar-refractivity contribution in [2.45, 2.75) is 0 Å². The van der Waals surface area contributed by atoms with Gasteiger partial charge in [0.15, 0.2) is 0 Å². The largest absolute Gasteiger partial charge is 0.478 e. The van der Waals surface area contributed by atoms with Crippen LogP contribution < -0.4 is 5.32 Å². The number of nitrogens with zero attached hydrogens (tertiary/aromatic N) is 2. The number of benzene rings is 2. The third-order valence-corrected chi connectivity index (χ3v) is 3.75. The SMILES string of the molecule is N#Cc1ccc(NC(=O)c2cncc(C#Cc3ccccc3)c2)c(C(=O)O)c1. The maximum Gasteiger partial charge on any atom is 0.337 e. The van der Waals surface area contributed by atoms with Gasteiger partial charge in [-0.15, -0.1) is 0 Å². The molecule has 0 saturated heterocycles. The fraction of sp³-hybridized carbons (Fsp3) is 0. The molecule has 0 aliphatic rings. The highest BCUT2D eigenvalue weighted by molar-refractivity contribution is 6.07. The van der Waals surface area contributed by atoms with Crippen LogP contribution in [0.1, 0.15) is 37.4 Å². The van der Waals surface area contributed by atoms with E-state index in [1.54, 1.807) is 6.07 Å². The lowest BCUT2D eigenvalue weighted by Crippen LogP contribution is -2.15. The second kappa shape index (κ2) is 8.31. The average molecular weight is 367 g/mol. The van der Waals surface area contributed by atoms with Gasteiger partial charge in [-0.05, 0) is 36.4 Å². The first kappa shape index (κ1) is 18.4. The molecule has 0 unspecified atom stereocenters. The van der Waals surface area contributed by atoms with Crippen molar-refractivity contribution in [2.75, 3.05) is 5.32 Å². The summed E-state index contributed by atoms with van der Waals surface area (Å²) >= 11 is 0. The number of carboxylic acid groups (broad SMARTS) is 1. The van der Waals surface area contributed by atoms with E-state index >= 15 is 0 Å². The van der Waals surface area contributed by atoms with Gasteiger partial charge < -0.3 is 10.4 Å². The zero-order valence-corrected chi connectivity index (χ0v) is 14.5. The maximum atomic E-state index is 12.5. The Morgan fingerprint density at radius 1 is 0.929 bits per heavy atom. The molecule has 3 rings (SSSR count). The lowest BCUT2D eigenvalue weighted by Gasteiger charge is -2.09. The molecule has 3 aromatic rings. The second-order valence-electron chi connectivity index (χ2n) is 5.71. The predicted octanol–water partition coefficient (Wildman–Crippen LogP) is 3.30. The number of pyridine rings is 1. The molecular weight excluding hydrogens is 354 g/mol. The number of hydrogen-bond donors (Lipinski definition) is 2. The van der Waals surface area contributed by atoms with Crippen LogP contribution in [0.4, 0.5) is 5.69 Å². The number of carbonyl (C=O) groups excluding carboxylic acids is 1. The molecule has 0 radical (unpaired) electrons. The molecule has 1 aromatic heterocycles. The first-order valence-corrected chi connectivity index (χ1v) is 8.18. The number of nitrogens with one attached hydrogen (secondary N) is 1. The minimum atomic E-state index is -1.24. The fourth-order valence-corrected chi connectivity index (χ4v) is 2.39. The molecule has 1 heterocycles. The summed E-state index contributed by atoms with van der Waals surface area (Å²) in [6.07, 6.45) is 2.91. The van der Waals surface area contributed by atoms with E-state index in [1.165, 1.54) is 30.6 Å². The first-order chi connectivity index (χ1) is 13.6. The van der Waals surface area contributed by atoms with Crippen LogP contribution in [0.3, 0.4) is 0 Å². The van der Waals surface area contributed by atoms with Crippen molar-refractivity contribution in [3.05, 3.63) is 94.8 Å². The maximum absolute atomic E-state index is 12.5. The number of carbonyl (C=O) groups is 2. The van der Waals surface area contributed by atoms with Crippen molar-refractivity contribution in [3.8, 4) is 17.9 Å². The zero-order chi connectivity index (χ0) is 19.9. The van der Waals surface area contributed by atoms with Crippen LogP contribution in [0.15, 0.2) is 67.0 Å². The lowest BCUT2D eigenvalue weighted by atomic mass is 10.1. The molecule has 0 atom stereocenters. The van der Waals surface area contributed by atoms with Crippen LogP contribution in [-0.2, 0) is 0 Å². The Bertz CT molecular complexity index is 1150. The monoisotopic (exact) mass is 367 g/mol. The zero-order valence-electron chi connectivity index (χ0n) is 14.5.